The van der Waals surface area contributed by atoms with Gasteiger partial charge in [0.15, 0.2) is 10.9 Å². The van der Waals surface area contributed by atoms with Crippen LogP contribution < -0.4 is 9.64 Å². The third-order valence-corrected chi connectivity index (χ3v) is 8.85. The molecule has 1 amide bonds. The molecule has 0 atom stereocenters. The molecule has 0 spiro atoms. The SMILES string of the molecule is Cc1ccc(N=C2S/C(=C/c3cc(Cl)c(OCc4ccc(C(=O)O)cc4)c(Cl)c3)C(=O)N2c2ccc(C)c(Cl)c2)cc1Cl. The first kappa shape index (κ1) is 31.0. The lowest BCUT2D eigenvalue weighted by molar-refractivity contribution is -0.113. The van der Waals surface area contributed by atoms with Crippen LogP contribution in [0.5, 0.6) is 5.75 Å². The van der Waals surface area contributed by atoms with Gasteiger partial charge in [0.2, 0.25) is 0 Å². The molecule has 6 nitrogen and oxygen atoms in total. The smallest absolute Gasteiger partial charge is 0.335 e. The number of hydrogen-bond acceptors (Lipinski definition) is 5. The summed E-state index contributed by atoms with van der Waals surface area (Å²) in [6.45, 7) is 3.92. The minimum Gasteiger partial charge on any atom is -0.486 e. The van der Waals surface area contributed by atoms with E-state index in [1.807, 2.05) is 38.1 Å². The monoisotopic (exact) mass is 670 g/mol. The number of anilines is 1. The molecule has 1 saturated heterocycles. The number of amidine groups is 1. The van der Waals surface area contributed by atoms with Crippen LogP contribution in [0, 0.1) is 13.8 Å². The van der Waals surface area contributed by atoms with Crippen LogP contribution in [-0.2, 0) is 11.4 Å². The van der Waals surface area contributed by atoms with Gasteiger partial charge in [-0.2, -0.15) is 0 Å². The molecule has 0 unspecified atom stereocenters. The van der Waals surface area contributed by atoms with Crippen molar-refractivity contribution in [3.63, 3.8) is 0 Å². The summed E-state index contributed by atoms with van der Waals surface area (Å²) in [6, 6.07) is 20.4. The Bertz CT molecular complexity index is 1800. The van der Waals surface area contributed by atoms with Crippen LogP contribution in [0.3, 0.4) is 0 Å². The molecule has 1 N–H and O–H groups in total. The molecule has 5 rings (SSSR count). The number of rotatable bonds is 7. The number of ether oxygens (including phenoxy) is 1. The number of amides is 1. The highest BCUT2D eigenvalue weighted by Gasteiger charge is 2.35. The summed E-state index contributed by atoms with van der Waals surface area (Å²) >= 11 is 27.0. The van der Waals surface area contributed by atoms with Gasteiger partial charge in [-0.1, -0.05) is 70.7 Å². The molecule has 0 aliphatic carbocycles. The molecule has 43 heavy (non-hydrogen) atoms. The summed E-state index contributed by atoms with van der Waals surface area (Å²) in [4.78, 5) is 31.5. The van der Waals surface area contributed by atoms with Gasteiger partial charge in [-0.05, 0) is 102 Å². The number of aromatic carboxylic acids is 1. The Kier molecular flexibility index (Phi) is 9.39. The number of halogens is 4. The van der Waals surface area contributed by atoms with Crippen LogP contribution in [0.4, 0.5) is 11.4 Å². The van der Waals surface area contributed by atoms with Crippen LogP contribution in [0.1, 0.15) is 32.6 Å². The highest BCUT2D eigenvalue weighted by Crippen LogP contribution is 2.41. The summed E-state index contributed by atoms with van der Waals surface area (Å²) in [5.74, 6) is -1.03. The average Bonchev–Trinajstić information content (AvgIpc) is 3.25. The van der Waals surface area contributed by atoms with Gasteiger partial charge in [0, 0.05) is 10.0 Å². The number of carboxylic acid groups (broad SMARTS) is 1. The van der Waals surface area contributed by atoms with Gasteiger partial charge < -0.3 is 9.84 Å². The zero-order valence-electron chi connectivity index (χ0n) is 22.7. The maximum absolute atomic E-state index is 13.7. The number of nitrogens with zero attached hydrogens (tertiary/aromatic N) is 2. The Balaban J connectivity index is 1.44. The van der Waals surface area contributed by atoms with Gasteiger partial charge >= 0.3 is 5.97 Å². The van der Waals surface area contributed by atoms with Crippen molar-refractivity contribution in [1.82, 2.24) is 0 Å². The number of benzene rings is 4. The molecule has 1 heterocycles. The molecule has 1 aliphatic rings. The highest BCUT2D eigenvalue weighted by atomic mass is 35.5. The van der Waals surface area contributed by atoms with E-state index in [0.717, 1.165) is 16.7 Å². The van der Waals surface area contributed by atoms with Crippen molar-refractivity contribution in [1.29, 1.82) is 0 Å². The van der Waals surface area contributed by atoms with E-state index in [0.29, 0.717) is 37.1 Å². The predicted octanol–water partition coefficient (Wildman–Crippen LogP) is 10.0. The Labute approximate surface area is 272 Å². The van der Waals surface area contributed by atoms with E-state index in [2.05, 4.69) is 0 Å². The number of aryl methyl sites for hydroxylation is 2. The highest BCUT2D eigenvalue weighted by molar-refractivity contribution is 8.19. The van der Waals surface area contributed by atoms with Gasteiger partial charge in [0.05, 0.1) is 31.9 Å². The molecule has 1 fully saturated rings. The fraction of sp³-hybridized carbons (Fsp3) is 0.0938. The van der Waals surface area contributed by atoms with Gasteiger partial charge in [-0.15, -0.1) is 0 Å². The predicted molar refractivity (Wildman–Crippen MR) is 177 cm³/mol. The second kappa shape index (κ2) is 13.0. The summed E-state index contributed by atoms with van der Waals surface area (Å²) in [6.07, 6.45) is 1.69. The van der Waals surface area contributed by atoms with Gasteiger partial charge in [-0.3, -0.25) is 9.69 Å². The fourth-order valence-corrected chi connectivity index (χ4v) is 6.07. The van der Waals surface area contributed by atoms with E-state index in [1.165, 1.54) is 28.8 Å². The molecule has 0 radical (unpaired) electrons. The maximum Gasteiger partial charge on any atom is 0.335 e. The van der Waals surface area contributed by atoms with E-state index in [1.54, 1.807) is 42.5 Å². The first-order chi connectivity index (χ1) is 20.5. The van der Waals surface area contributed by atoms with Gasteiger partial charge in [-0.25, -0.2) is 9.79 Å². The van der Waals surface area contributed by atoms with E-state index >= 15 is 0 Å². The molecule has 218 valence electrons. The lowest BCUT2D eigenvalue weighted by Gasteiger charge is -2.16. The number of carbonyl (C=O) groups is 2. The lowest BCUT2D eigenvalue weighted by Crippen LogP contribution is -2.28. The van der Waals surface area contributed by atoms with Crippen LogP contribution in [0.15, 0.2) is 82.7 Å². The van der Waals surface area contributed by atoms with Crippen molar-refractivity contribution in [2.24, 2.45) is 4.99 Å². The van der Waals surface area contributed by atoms with E-state index < -0.39 is 5.97 Å². The zero-order chi connectivity index (χ0) is 30.8. The third-order valence-electron chi connectivity index (χ3n) is 6.50. The number of carboxylic acids is 1. The number of carbonyl (C=O) groups excluding carboxylic acids is 1. The molecule has 0 bridgehead atoms. The van der Waals surface area contributed by atoms with E-state index in [4.69, 9.17) is 61.2 Å². The largest absolute Gasteiger partial charge is 0.486 e. The maximum atomic E-state index is 13.7. The standard InChI is InChI=1S/C32H22Cl4N2O4S/c1-17-3-9-22(14-24(17)33)37-32-38(23-10-4-18(2)25(34)15-23)30(39)28(43-32)13-20-11-26(35)29(27(36)12-20)42-16-19-5-7-21(8-6-19)31(40)41/h3-15H,16H2,1-2H3,(H,40,41)/b28-13+,37-32?. The zero-order valence-corrected chi connectivity index (χ0v) is 26.5. The van der Waals surface area contributed by atoms with Crippen molar-refractivity contribution < 1.29 is 19.4 Å². The van der Waals surface area contributed by atoms with Gasteiger partial charge in [0.25, 0.3) is 5.91 Å². The summed E-state index contributed by atoms with van der Waals surface area (Å²) < 4.78 is 5.84. The quantitative estimate of drug-likeness (QED) is 0.198. The molecule has 11 heteroatoms. The molecule has 0 aromatic heterocycles. The minimum atomic E-state index is -1.01. The summed E-state index contributed by atoms with van der Waals surface area (Å²) in [5, 5.41) is 11.1. The van der Waals surface area contributed by atoms with Crippen molar-refractivity contribution >= 4 is 92.7 Å². The second-order valence-electron chi connectivity index (χ2n) is 9.62. The Morgan fingerprint density at radius 3 is 2.12 bits per heavy atom. The minimum absolute atomic E-state index is 0.130. The molecule has 1 aliphatic heterocycles. The van der Waals surface area contributed by atoms with Crippen molar-refractivity contribution in [3.05, 3.63) is 126 Å². The lowest BCUT2D eigenvalue weighted by atomic mass is 10.1. The third kappa shape index (κ3) is 7.03. The summed E-state index contributed by atoms with van der Waals surface area (Å²) in [7, 11) is 0. The molecular formula is C32H22Cl4N2O4S. The first-order valence-corrected chi connectivity index (χ1v) is 15.1. The van der Waals surface area contributed by atoms with Crippen molar-refractivity contribution in [2.45, 2.75) is 20.5 Å². The molecule has 0 saturated carbocycles. The topological polar surface area (TPSA) is 79.2 Å². The molecule has 4 aromatic carbocycles. The van der Waals surface area contributed by atoms with Gasteiger partial charge in [0.1, 0.15) is 6.61 Å². The Hall–Kier alpha value is -3.46. The second-order valence-corrected chi connectivity index (χ2v) is 12.3. The first-order valence-electron chi connectivity index (χ1n) is 12.8. The number of thioether (sulfide) groups is 1. The van der Waals surface area contributed by atoms with Crippen LogP contribution in [0.2, 0.25) is 20.1 Å². The normalized spacial score (nSPS) is 15.0. The number of hydrogen-bond donors (Lipinski definition) is 1. The average molecular weight is 672 g/mol. The Morgan fingerprint density at radius 2 is 1.51 bits per heavy atom. The van der Waals surface area contributed by atoms with Crippen molar-refractivity contribution in [2.75, 3.05) is 4.90 Å². The van der Waals surface area contributed by atoms with Crippen LogP contribution in [-0.4, -0.2) is 22.2 Å². The summed E-state index contributed by atoms with van der Waals surface area (Å²) in [5.41, 5.74) is 4.48. The van der Waals surface area contributed by atoms with Crippen LogP contribution in [0.25, 0.3) is 6.08 Å². The molecular weight excluding hydrogens is 650 g/mol. The van der Waals surface area contributed by atoms with Crippen molar-refractivity contribution in [3.8, 4) is 5.75 Å². The van der Waals surface area contributed by atoms with E-state index in [-0.39, 0.29) is 33.9 Å². The van der Waals surface area contributed by atoms with E-state index in [9.17, 15) is 9.59 Å². The molecule has 4 aromatic rings. The fourth-order valence-electron chi connectivity index (χ4n) is 4.11. The van der Waals surface area contributed by atoms with Crippen LogP contribution >= 0.6 is 58.2 Å². The Morgan fingerprint density at radius 1 is 0.884 bits per heavy atom. The number of aliphatic imine (C=N–C) groups is 1.